The highest BCUT2D eigenvalue weighted by molar-refractivity contribution is 7.93. The van der Waals surface area contributed by atoms with Crippen LogP contribution >= 0.6 is 23.2 Å². The molecule has 4 unspecified atom stereocenters. The van der Waals surface area contributed by atoms with Gasteiger partial charge < -0.3 is 14.7 Å². The van der Waals surface area contributed by atoms with E-state index < -0.39 is 69.5 Å². The number of aliphatic carboxylic acids is 1. The molecular formula is C31H30Cl2F2N2O6S. The Labute approximate surface area is 264 Å². The number of carbonyl (C=O) groups excluding carboxylic acids is 1. The topological polar surface area (TPSA) is 104 Å². The average molecular weight is 668 g/mol. The third-order valence-electron chi connectivity index (χ3n) is 7.85. The molecule has 234 valence electrons. The number of hydrogen-bond acceptors (Lipinski definition) is 5. The second kappa shape index (κ2) is 13.0. The lowest BCUT2D eigenvalue weighted by Gasteiger charge is -2.48. The number of amides is 1. The summed E-state index contributed by atoms with van der Waals surface area (Å²) < 4.78 is 63.5. The molecule has 0 aromatic heterocycles. The summed E-state index contributed by atoms with van der Waals surface area (Å²) in [4.78, 5) is 27.5. The van der Waals surface area contributed by atoms with E-state index in [4.69, 9.17) is 27.9 Å². The number of ether oxygens (including phenoxy) is 1. The van der Waals surface area contributed by atoms with Crippen LogP contribution in [0.5, 0.6) is 0 Å². The highest BCUT2D eigenvalue weighted by atomic mass is 35.5. The summed E-state index contributed by atoms with van der Waals surface area (Å²) in [5.74, 6) is -3.86. The molecule has 0 spiro atoms. The van der Waals surface area contributed by atoms with Crippen LogP contribution in [0.3, 0.4) is 0 Å². The maximum atomic E-state index is 15.2. The van der Waals surface area contributed by atoms with Gasteiger partial charge in [0.05, 0.1) is 36.0 Å². The Morgan fingerprint density at radius 2 is 1.75 bits per heavy atom. The molecule has 3 aromatic rings. The van der Waals surface area contributed by atoms with E-state index in [1.807, 2.05) is 0 Å². The SMILES string of the molecule is CCC(CN(c1ccc(F)cc1F)S(=O)(=O)C1CC1)N1C(=O)C(CC(=O)O)OC(c2cccc(Cl)c2)C1c1ccc(Cl)cc1. The predicted molar refractivity (Wildman–Crippen MR) is 162 cm³/mol. The highest BCUT2D eigenvalue weighted by Crippen LogP contribution is 2.45. The number of hydrogen-bond donors (Lipinski definition) is 1. The molecule has 1 saturated heterocycles. The summed E-state index contributed by atoms with van der Waals surface area (Å²) in [7, 11) is -4.10. The van der Waals surface area contributed by atoms with Crippen LogP contribution in [0.2, 0.25) is 10.0 Å². The quantitative estimate of drug-likeness (QED) is 0.249. The minimum atomic E-state index is -4.10. The smallest absolute Gasteiger partial charge is 0.306 e. The first-order chi connectivity index (χ1) is 20.9. The molecule has 13 heteroatoms. The van der Waals surface area contributed by atoms with Crippen molar-refractivity contribution in [1.82, 2.24) is 4.90 Å². The molecule has 1 aliphatic carbocycles. The normalized spacial score (nSPS) is 21.2. The molecule has 5 rings (SSSR count). The first-order valence-corrected chi connectivity index (χ1v) is 16.3. The highest BCUT2D eigenvalue weighted by Gasteiger charge is 2.49. The summed E-state index contributed by atoms with van der Waals surface area (Å²) in [5, 5.41) is 9.74. The Morgan fingerprint density at radius 1 is 1.05 bits per heavy atom. The van der Waals surface area contributed by atoms with Gasteiger partial charge in [-0.3, -0.25) is 13.9 Å². The van der Waals surface area contributed by atoms with Gasteiger partial charge in [-0.2, -0.15) is 0 Å². The van der Waals surface area contributed by atoms with Gasteiger partial charge in [0, 0.05) is 16.1 Å². The van der Waals surface area contributed by atoms with Crippen molar-refractivity contribution in [3.05, 3.63) is 99.5 Å². The Hall–Kier alpha value is -3.25. The van der Waals surface area contributed by atoms with Gasteiger partial charge in [0.25, 0.3) is 5.91 Å². The van der Waals surface area contributed by atoms with Crippen LogP contribution in [0.1, 0.15) is 55.9 Å². The molecule has 8 nitrogen and oxygen atoms in total. The van der Waals surface area contributed by atoms with E-state index in [-0.39, 0.29) is 18.7 Å². The minimum Gasteiger partial charge on any atom is -0.481 e. The minimum absolute atomic E-state index is 0.206. The monoisotopic (exact) mass is 666 g/mol. The zero-order valence-electron chi connectivity index (χ0n) is 23.6. The Morgan fingerprint density at radius 3 is 2.34 bits per heavy atom. The van der Waals surface area contributed by atoms with Gasteiger partial charge in [-0.15, -0.1) is 0 Å². The van der Waals surface area contributed by atoms with E-state index >= 15 is 4.39 Å². The number of benzene rings is 3. The van der Waals surface area contributed by atoms with Gasteiger partial charge in [-0.1, -0.05) is 54.4 Å². The Bertz CT molecular complexity index is 1660. The molecule has 4 atom stereocenters. The number of carboxylic acid groups (broad SMARTS) is 1. The number of halogens is 4. The lowest BCUT2D eigenvalue weighted by Crippen LogP contribution is -2.58. The van der Waals surface area contributed by atoms with Crippen molar-refractivity contribution in [2.75, 3.05) is 10.8 Å². The molecule has 0 radical (unpaired) electrons. The zero-order valence-corrected chi connectivity index (χ0v) is 25.9. The summed E-state index contributed by atoms with van der Waals surface area (Å²) in [5.41, 5.74) is 0.811. The summed E-state index contributed by atoms with van der Waals surface area (Å²) in [6, 6.07) is 14.3. The number of sulfonamides is 1. The number of morpholine rings is 1. The summed E-state index contributed by atoms with van der Waals surface area (Å²) >= 11 is 12.5. The van der Waals surface area contributed by atoms with Crippen molar-refractivity contribution >= 4 is 50.8 Å². The third-order valence-corrected chi connectivity index (χ3v) is 10.6. The molecule has 1 N–H and O–H groups in total. The van der Waals surface area contributed by atoms with Crippen molar-refractivity contribution in [1.29, 1.82) is 0 Å². The number of rotatable bonds is 11. The predicted octanol–water partition coefficient (Wildman–Crippen LogP) is 6.53. The Balaban J connectivity index is 1.66. The maximum Gasteiger partial charge on any atom is 0.306 e. The van der Waals surface area contributed by atoms with Crippen LogP contribution in [0.4, 0.5) is 14.5 Å². The first-order valence-electron chi connectivity index (χ1n) is 14.1. The van der Waals surface area contributed by atoms with E-state index in [1.165, 1.54) is 4.90 Å². The molecule has 1 amide bonds. The fraction of sp³-hybridized carbons (Fsp3) is 0.355. The molecule has 1 saturated carbocycles. The number of nitrogens with zero attached hydrogens (tertiary/aromatic N) is 2. The number of carbonyl (C=O) groups is 2. The van der Waals surface area contributed by atoms with Crippen molar-refractivity contribution in [3.8, 4) is 0 Å². The molecule has 44 heavy (non-hydrogen) atoms. The van der Waals surface area contributed by atoms with E-state index in [1.54, 1.807) is 55.5 Å². The number of carboxylic acids is 1. The van der Waals surface area contributed by atoms with Crippen molar-refractivity contribution in [2.24, 2.45) is 0 Å². The van der Waals surface area contributed by atoms with E-state index in [2.05, 4.69) is 0 Å². The second-order valence-electron chi connectivity index (χ2n) is 10.9. The van der Waals surface area contributed by atoms with E-state index in [9.17, 15) is 27.5 Å². The Kier molecular flexibility index (Phi) is 9.50. The average Bonchev–Trinajstić information content (AvgIpc) is 3.82. The van der Waals surface area contributed by atoms with Crippen LogP contribution < -0.4 is 4.31 Å². The summed E-state index contributed by atoms with van der Waals surface area (Å²) in [6.07, 6.45) is -1.99. The molecular weight excluding hydrogens is 637 g/mol. The van der Waals surface area contributed by atoms with Gasteiger partial charge in [-0.05, 0) is 66.8 Å². The zero-order chi connectivity index (χ0) is 31.8. The standard InChI is InChI=1S/C31H30Cl2F2N2O6S/c1-2-23(17-36(44(41,42)24-11-12-24)26-13-10-22(34)15-25(26)35)37-29(18-6-8-20(32)9-7-18)30(19-4-3-5-21(33)14-19)43-27(31(37)40)16-28(38)39/h3-10,13-15,23-24,27,29-30H,2,11-12,16-17H2,1H3,(H,38,39). The van der Waals surface area contributed by atoms with Crippen molar-refractivity contribution < 1.29 is 36.6 Å². The fourth-order valence-corrected chi connectivity index (χ4v) is 7.79. The molecule has 2 aliphatic rings. The van der Waals surface area contributed by atoms with E-state index in [0.717, 1.165) is 16.4 Å². The van der Waals surface area contributed by atoms with E-state index in [0.29, 0.717) is 40.1 Å². The summed E-state index contributed by atoms with van der Waals surface area (Å²) in [6.45, 7) is 1.38. The van der Waals surface area contributed by atoms with Crippen LogP contribution in [0, 0.1) is 11.6 Å². The maximum absolute atomic E-state index is 15.2. The fourth-order valence-electron chi connectivity index (χ4n) is 5.57. The molecule has 2 fully saturated rings. The lowest BCUT2D eigenvalue weighted by atomic mass is 9.89. The van der Waals surface area contributed by atoms with Crippen LogP contribution in [-0.2, 0) is 24.3 Å². The molecule has 0 bridgehead atoms. The van der Waals surface area contributed by atoms with Crippen LogP contribution in [0.15, 0.2) is 66.7 Å². The second-order valence-corrected chi connectivity index (χ2v) is 13.9. The largest absolute Gasteiger partial charge is 0.481 e. The molecule has 1 aliphatic heterocycles. The van der Waals surface area contributed by atoms with Gasteiger partial charge in [0.15, 0.2) is 0 Å². The van der Waals surface area contributed by atoms with Crippen molar-refractivity contribution in [3.63, 3.8) is 0 Å². The van der Waals surface area contributed by atoms with Gasteiger partial charge >= 0.3 is 5.97 Å². The van der Waals surface area contributed by atoms with Gasteiger partial charge in [0.2, 0.25) is 10.0 Å². The van der Waals surface area contributed by atoms with Gasteiger partial charge in [-0.25, -0.2) is 17.2 Å². The van der Waals surface area contributed by atoms with Crippen LogP contribution in [-0.4, -0.2) is 54.2 Å². The van der Waals surface area contributed by atoms with Gasteiger partial charge in [0.1, 0.15) is 23.8 Å². The third kappa shape index (κ3) is 6.71. The van der Waals surface area contributed by atoms with Crippen LogP contribution in [0.25, 0.3) is 0 Å². The number of anilines is 1. The lowest BCUT2D eigenvalue weighted by molar-refractivity contribution is -0.183. The van der Waals surface area contributed by atoms with Crippen molar-refractivity contribution in [2.45, 2.75) is 62.1 Å². The molecule has 3 aromatic carbocycles. The molecule has 1 heterocycles. The first kappa shape index (κ1) is 32.2.